The van der Waals surface area contributed by atoms with E-state index in [9.17, 15) is 0 Å². The minimum atomic E-state index is 0.385. The minimum absolute atomic E-state index is 0.385. The molecule has 1 saturated heterocycles. The van der Waals surface area contributed by atoms with Crippen LogP contribution in [0.5, 0.6) is 5.75 Å². The van der Waals surface area contributed by atoms with Gasteiger partial charge in [-0.25, -0.2) is 4.99 Å². The highest BCUT2D eigenvalue weighted by atomic mass is 32.2. The molecule has 0 aromatic heterocycles. The summed E-state index contributed by atoms with van der Waals surface area (Å²) in [7, 11) is 1.71. The van der Waals surface area contributed by atoms with Crippen molar-refractivity contribution < 1.29 is 4.74 Å². The van der Waals surface area contributed by atoms with Crippen LogP contribution in [-0.4, -0.2) is 48.6 Å². The molecule has 1 aromatic carbocycles. The average Bonchev–Trinajstić information content (AvgIpc) is 2.51. The summed E-state index contributed by atoms with van der Waals surface area (Å²) >= 11 is 1.99. The van der Waals surface area contributed by atoms with Gasteiger partial charge in [0.1, 0.15) is 5.75 Å². The molecule has 1 heterocycles. The van der Waals surface area contributed by atoms with E-state index in [1.165, 1.54) is 5.56 Å². The van der Waals surface area contributed by atoms with E-state index in [0.29, 0.717) is 12.0 Å². The summed E-state index contributed by atoms with van der Waals surface area (Å²) in [6.07, 6.45) is 2.19. The number of aliphatic imine (C=N–C) groups is 1. The van der Waals surface area contributed by atoms with Crippen molar-refractivity contribution in [2.45, 2.75) is 24.8 Å². The van der Waals surface area contributed by atoms with E-state index in [0.717, 1.165) is 49.1 Å². The summed E-state index contributed by atoms with van der Waals surface area (Å²) in [5.41, 5.74) is 7.49. The fourth-order valence-corrected chi connectivity index (χ4v) is 3.83. The molecule has 1 saturated carbocycles. The van der Waals surface area contributed by atoms with Crippen LogP contribution in [-0.2, 0) is 0 Å². The summed E-state index contributed by atoms with van der Waals surface area (Å²) in [5, 5.41) is 0. The summed E-state index contributed by atoms with van der Waals surface area (Å²) < 4.78 is 5.29. The van der Waals surface area contributed by atoms with E-state index in [4.69, 9.17) is 15.5 Å². The first-order valence-corrected chi connectivity index (χ1v) is 8.71. The van der Waals surface area contributed by atoms with Crippen molar-refractivity contribution >= 4 is 17.7 Å². The van der Waals surface area contributed by atoms with Gasteiger partial charge in [0.05, 0.1) is 13.2 Å². The van der Waals surface area contributed by atoms with Gasteiger partial charge in [-0.2, -0.15) is 11.8 Å². The monoisotopic (exact) mass is 305 g/mol. The van der Waals surface area contributed by atoms with Crippen molar-refractivity contribution in [1.82, 2.24) is 4.90 Å². The van der Waals surface area contributed by atoms with Crippen LogP contribution in [0.25, 0.3) is 0 Å². The lowest BCUT2D eigenvalue weighted by atomic mass is 9.76. The Bertz CT molecular complexity index is 508. The molecule has 3 rings (SSSR count). The van der Waals surface area contributed by atoms with Crippen LogP contribution >= 0.6 is 11.8 Å². The number of benzene rings is 1. The zero-order valence-electron chi connectivity index (χ0n) is 12.5. The predicted octanol–water partition coefficient (Wildman–Crippen LogP) is 2.30. The van der Waals surface area contributed by atoms with Gasteiger partial charge in [0.15, 0.2) is 5.96 Å². The maximum atomic E-state index is 6.14. The van der Waals surface area contributed by atoms with Gasteiger partial charge < -0.3 is 15.4 Å². The molecule has 2 N–H and O–H groups in total. The zero-order chi connectivity index (χ0) is 14.7. The van der Waals surface area contributed by atoms with Gasteiger partial charge in [0.2, 0.25) is 0 Å². The Labute approximate surface area is 130 Å². The largest absolute Gasteiger partial charge is 0.497 e. The van der Waals surface area contributed by atoms with E-state index in [2.05, 4.69) is 23.1 Å². The summed E-state index contributed by atoms with van der Waals surface area (Å²) in [4.78, 5) is 6.92. The highest BCUT2D eigenvalue weighted by Gasteiger charge is 2.31. The van der Waals surface area contributed by atoms with Gasteiger partial charge >= 0.3 is 0 Å². The van der Waals surface area contributed by atoms with Crippen LogP contribution in [0.4, 0.5) is 0 Å². The molecular weight excluding hydrogens is 282 g/mol. The predicted molar refractivity (Wildman–Crippen MR) is 89.3 cm³/mol. The number of rotatable bonds is 3. The lowest BCUT2D eigenvalue weighted by Gasteiger charge is -2.35. The molecule has 21 heavy (non-hydrogen) atoms. The molecule has 0 radical (unpaired) electrons. The first-order valence-electron chi connectivity index (χ1n) is 7.56. The number of guanidine groups is 1. The fourth-order valence-electron chi connectivity index (χ4n) is 2.92. The average molecular weight is 305 g/mol. The van der Waals surface area contributed by atoms with Crippen LogP contribution in [0.2, 0.25) is 0 Å². The second-order valence-electron chi connectivity index (χ2n) is 5.69. The standard InChI is InChI=1S/C16H23N3OS/c1-20-15-4-2-3-12(11-15)13-9-14(10-13)18-16(17)19-5-7-21-8-6-19/h2-4,11,13-14H,5-10H2,1H3,(H2,17,18). The normalized spacial score (nSPS) is 26.3. The van der Waals surface area contributed by atoms with E-state index in [1.807, 2.05) is 17.8 Å². The molecule has 0 bridgehead atoms. The summed E-state index contributed by atoms with van der Waals surface area (Å²) in [6.45, 7) is 2.07. The molecule has 0 unspecified atom stereocenters. The van der Waals surface area contributed by atoms with Crippen LogP contribution < -0.4 is 10.5 Å². The quantitative estimate of drug-likeness (QED) is 0.688. The number of ether oxygens (including phenoxy) is 1. The topological polar surface area (TPSA) is 50.9 Å². The molecule has 4 nitrogen and oxygen atoms in total. The van der Waals surface area contributed by atoms with E-state index in [-0.39, 0.29) is 0 Å². The van der Waals surface area contributed by atoms with Gasteiger partial charge in [0, 0.05) is 24.6 Å². The first-order chi connectivity index (χ1) is 10.3. The minimum Gasteiger partial charge on any atom is -0.497 e. The van der Waals surface area contributed by atoms with Crippen molar-refractivity contribution in [3.8, 4) is 5.75 Å². The third kappa shape index (κ3) is 3.46. The molecule has 5 heteroatoms. The van der Waals surface area contributed by atoms with Gasteiger partial charge in [0.25, 0.3) is 0 Å². The van der Waals surface area contributed by atoms with E-state index >= 15 is 0 Å². The summed E-state index contributed by atoms with van der Waals surface area (Å²) in [5.74, 6) is 4.59. The second kappa shape index (κ2) is 6.60. The molecule has 1 aliphatic carbocycles. The number of hydrogen-bond acceptors (Lipinski definition) is 3. The number of thioether (sulfide) groups is 1. The smallest absolute Gasteiger partial charge is 0.191 e. The number of methoxy groups -OCH3 is 1. The van der Waals surface area contributed by atoms with Crippen LogP contribution in [0.3, 0.4) is 0 Å². The molecule has 0 amide bonds. The SMILES string of the molecule is COc1cccc(C2CC(N=C(N)N3CCSCC3)C2)c1. The Morgan fingerprint density at radius 1 is 1.33 bits per heavy atom. The Morgan fingerprint density at radius 2 is 2.10 bits per heavy atom. The van der Waals surface area contributed by atoms with Gasteiger partial charge in [-0.05, 0) is 36.5 Å². The maximum absolute atomic E-state index is 6.14. The molecular formula is C16H23N3OS. The van der Waals surface area contributed by atoms with Crippen molar-refractivity contribution in [2.75, 3.05) is 31.7 Å². The number of nitrogens with zero attached hydrogens (tertiary/aromatic N) is 2. The molecule has 1 aromatic rings. The Kier molecular flexibility index (Phi) is 4.58. The Morgan fingerprint density at radius 3 is 2.81 bits per heavy atom. The van der Waals surface area contributed by atoms with E-state index < -0.39 is 0 Å². The third-order valence-corrected chi connectivity index (χ3v) is 5.27. The van der Waals surface area contributed by atoms with Gasteiger partial charge in [-0.15, -0.1) is 0 Å². The highest BCUT2D eigenvalue weighted by molar-refractivity contribution is 7.99. The maximum Gasteiger partial charge on any atom is 0.191 e. The van der Waals surface area contributed by atoms with Crippen LogP contribution in [0, 0.1) is 0 Å². The van der Waals surface area contributed by atoms with Crippen LogP contribution in [0.1, 0.15) is 24.3 Å². The van der Waals surface area contributed by atoms with Crippen molar-refractivity contribution in [3.05, 3.63) is 29.8 Å². The lowest BCUT2D eigenvalue weighted by Crippen LogP contribution is -2.44. The highest BCUT2D eigenvalue weighted by Crippen LogP contribution is 2.39. The molecule has 1 aliphatic heterocycles. The molecule has 0 spiro atoms. The molecule has 0 atom stereocenters. The molecule has 114 valence electrons. The van der Waals surface area contributed by atoms with Crippen molar-refractivity contribution in [1.29, 1.82) is 0 Å². The van der Waals surface area contributed by atoms with Crippen molar-refractivity contribution in [3.63, 3.8) is 0 Å². The third-order valence-electron chi connectivity index (χ3n) is 4.33. The first kappa shape index (κ1) is 14.6. The van der Waals surface area contributed by atoms with Crippen LogP contribution in [0.15, 0.2) is 29.3 Å². The Hall–Kier alpha value is -1.36. The number of hydrogen-bond donors (Lipinski definition) is 1. The Balaban J connectivity index is 1.55. The van der Waals surface area contributed by atoms with Crippen molar-refractivity contribution in [2.24, 2.45) is 10.7 Å². The molecule has 2 aliphatic rings. The fraction of sp³-hybridized carbons (Fsp3) is 0.562. The van der Waals surface area contributed by atoms with Gasteiger partial charge in [-0.1, -0.05) is 12.1 Å². The second-order valence-corrected chi connectivity index (χ2v) is 6.91. The number of nitrogens with two attached hydrogens (primary N) is 1. The summed E-state index contributed by atoms with van der Waals surface area (Å²) in [6, 6.07) is 8.75. The lowest BCUT2D eigenvalue weighted by molar-refractivity contribution is 0.344. The van der Waals surface area contributed by atoms with Gasteiger partial charge in [-0.3, -0.25) is 0 Å². The van der Waals surface area contributed by atoms with E-state index in [1.54, 1.807) is 7.11 Å². The molecule has 2 fully saturated rings. The zero-order valence-corrected chi connectivity index (χ0v) is 13.3.